The van der Waals surface area contributed by atoms with Gasteiger partial charge in [-0.1, -0.05) is 11.6 Å². The monoisotopic (exact) mass is 237 g/mol. The SMILES string of the molecule is CC1CCCCN1c1cc(Cl)ccc1C=O. The Morgan fingerprint density at radius 1 is 1.44 bits per heavy atom. The lowest BCUT2D eigenvalue weighted by Gasteiger charge is -2.36. The third-order valence-electron chi connectivity index (χ3n) is 3.23. The summed E-state index contributed by atoms with van der Waals surface area (Å²) in [5, 5.41) is 0.693. The van der Waals surface area contributed by atoms with Gasteiger partial charge in [0, 0.05) is 28.9 Å². The number of carbonyl (C=O) groups is 1. The first-order chi connectivity index (χ1) is 7.72. The molecule has 1 fully saturated rings. The van der Waals surface area contributed by atoms with Crippen molar-refractivity contribution in [2.45, 2.75) is 32.2 Å². The van der Waals surface area contributed by atoms with Crippen molar-refractivity contribution in [3.8, 4) is 0 Å². The Bertz CT molecular complexity index is 392. The minimum absolute atomic E-state index is 0.492. The standard InChI is InChI=1S/C13H16ClNO/c1-10-4-2-3-7-15(10)13-8-12(14)6-5-11(13)9-16/h5-6,8-10H,2-4,7H2,1H3. The molecule has 1 heterocycles. The Morgan fingerprint density at radius 3 is 2.94 bits per heavy atom. The van der Waals surface area contributed by atoms with Crippen LogP contribution in [-0.4, -0.2) is 18.9 Å². The fourth-order valence-electron chi connectivity index (χ4n) is 2.32. The van der Waals surface area contributed by atoms with Crippen LogP contribution in [-0.2, 0) is 0 Å². The number of aldehydes is 1. The summed E-state index contributed by atoms with van der Waals surface area (Å²) < 4.78 is 0. The van der Waals surface area contributed by atoms with Crippen molar-refractivity contribution in [3.05, 3.63) is 28.8 Å². The van der Waals surface area contributed by atoms with E-state index in [1.54, 1.807) is 12.1 Å². The van der Waals surface area contributed by atoms with Crippen LogP contribution in [0.4, 0.5) is 5.69 Å². The normalized spacial score (nSPS) is 20.9. The Labute approximate surface area is 101 Å². The molecule has 1 atom stereocenters. The number of hydrogen-bond donors (Lipinski definition) is 0. The van der Waals surface area contributed by atoms with Gasteiger partial charge >= 0.3 is 0 Å². The summed E-state index contributed by atoms with van der Waals surface area (Å²) >= 11 is 6.00. The van der Waals surface area contributed by atoms with Crippen LogP contribution in [0.25, 0.3) is 0 Å². The minimum Gasteiger partial charge on any atom is -0.368 e. The van der Waals surface area contributed by atoms with Gasteiger partial charge in [-0.2, -0.15) is 0 Å². The third-order valence-corrected chi connectivity index (χ3v) is 3.47. The molecule has 3 heteroatoms. The quantitative estimate of drug-likeness (QED) is 0.734. The van der Waals surface area contributed by atoms with Gasteiger partial charge in [0.15, 0.2) is 6.29 Å². The molecule has 0 saturated carbocycles. The van der Waals surface area contributed by atoms with Gasteiger partial charge in [-0.15, -0.1) is 0 Å². The highest BCUT2D eigenvalue weighted by Gasteiger charge is 2.20. The Balaban J connectivity index is 2.36. The van der Waals surface area contributed by atoms with Gasteiger partial charge in [0.1, 0.15) is 0 Å². The van der Waals surface area contributed by atoms with Gasteiger partial charge in [0.25, 0.3) is 0 Å². The maximum atomic E-state index is 11.0. The maximum absolute atomic E-state index is 11.0. The average Bonchev–Trinajstić information content (AvgIpc) is 2.29. The zero-order chi connectivity index (χ0) is 11.5. The zero-order valence-corrected chi connectivity index (χ0v) is 10.2. The van der Waals surface area contributed by atoms with Crippen molar-refractivity contribution >= 4 is 23.6 Å². The molecule has 1 aliphatic heterocycles. The molecule has 0 amide bonds. The van der Waals surface area contributed by atoms with E-state index >= 15 is 0 Å². The number of hydrogen-bond acceptors (Lipinski definition) is 2. The van der Waals surface area contributed by atoms with E-state index in [0.717, 1.165) is 24.1 Å². The van der Waals surface area contributed by atoms with Gasteiger partial charge in [-0.3, -0.25) is 4.79 Å². The van der Waals surface area contributed by atoms with E-state index in [4.69, 9.17) is 11.6 Å². The van der Waals surface area contributed by atoms with Gasteiger partial charge in [-0.05, 0) is 44.4 Å². The highest BCUT2D eigenvalue weighted by molar-refractivity contribution is 6.31. The first-order valence-corrected chi connectivity index (χ1v) is 6.11. The van der Waals surface area contributed by atoms with Crippen LogP contribution in [0.3, 0.4) is 0 Å². The first-order valence-electron chi connectivity index (χ1n) is 5.74. The molecular formula is C13H16ClNO. The molecule has 0 bridgehead atoms. The van der Waals surface area contributed by atoms with Gasteiger partial charge in [-0.25, -0.2) is 0 Å². The van der Waals surface area contributed by atoms with E-state index in [-0.39, 0.29) is 0 Å². The van der Waals surface area contributed by atoms with Gasteiger partial charge < -0.3 is 4.90 Å². The molecule has 16 heavy (non-hydrogen) atoms. The average molecular weight is 238 g/mol. The fourth-order valence-corrected chi connectivity index (χ4v) is 2.49. The van der Waals surface area contributed by atoms with Crippen LogP contribution in [0.15, 0.2) is 18.2 Å². The molecule has 0 aromatic heterocycles. The lowest BCUT2D eigenvalue weighted by Crippen LogP contribution is -2.38. The van der Waals surface area contributed by atoms with Gasteiger partial charge in [0.2, 0.25) is 0 Å². The number of rotatable bonds is 2. The molecular weight excluding hydrogens is 222 g/mol. The van der Waals surface area contributed by atoms with Crippen molar-refractivity contribution in [2.75, 3.05) is 11.4 Å². The van der Waals surface area contributed by atoms with Crippen molar-refractivity contribution in [1.82, 2.24) is 0 Å². The summed E-state index contributed by atoms with van der Waals surface area (Å²) in [4.78, 5) is 13.3. The fraction of sp³-hybridized carbons (Fsp3) is 0.462. The molecule has 0 N–H and O–H groups in total. The predicted octanol–water partition coefficient (Wildman–Crippen LogP) is 3.53. The van der Waals surface area contributed by atoms with E-state index in [2.05, 4.69) is 11.8 Å². The maximum Gasteiger partial charge on any atom is 0.152 e. The number of nitrogens with zero attached hydrogens (tertiary/aromatic N) is 1. The van der Waals surface area contributed by atoms with Crippen LogP contribution < -0.4 is 4.90 Å². The summed E-state index contributed by atoms with van der Waals surface area (Å²) in [6, 6.07) is 5.95. The van der Waals surface area contributed by atoms with E-state index in [1.165, 1.54) is 19.3 Å². The van der Waals surface area contributed by atoms with E-state index in [9.17, 15) is 4.79 Å². The van der Waals surface area contributed by atoms with Crippen molar-refractivity contribution in [3.63, 3.8) is 0 Å². The summed E-state index contributed by atoms with van der Waals surface area (Å²) in [6.45, 7) is 3.22. The Morgan fingerprint density at radius 2 is 2.25 bits per heavy atom. The largest absolute Gasteiger partial charge is 0.368 e. The Hall–Kier alpha value is -1.02. The van der Waals surface area contributed by atoms with E-state index < -0.39 is 0 Å². The summed E-state index contributed by atoms with van der Waals surface area (Å²) in [5.41, 5.74) is 1.72. The van der Waals surface area contributed by atoms with Crippen molar-refractivity contribution in [1.29, 1.82) is 0 Å². The van der Waals surface area contributed by atoms with Crippen molar-refractivity contribution < 1.29 is 4.79 Å². The van der Waals surface area contributed by atoms with Gasteiger partial charge in [0.05, 0.1) is 0 Å². The summed E-state index contributed by atoms with van der Waals surface area (Å²) in [5.74, 6) is 0. The molecule has 1 saturated heterocycles. The second-order valence-electron chi connectivity index (χ2n) is 4.36. The second-order valence-corrected chi connectivity index (χ2v) is 4.80. The molecule has 0 radical (unpaired) electrons. The predicted molar refractivity (Wildman–Crippen MR) is 67.5 cm³/mol. The number of benzene rings is 1. The molecule has 2 rings (SSSR count). The second kappa shape index (κ2) is 4.88. The van der Waals surface area contributed by atoms with Crippen LogP contribution in [0.1, 0.15) is 36.5 Å². The number of halogens is 1. The number of carbonyl (C=O) groups excluding carboxylic acids is 1. The lowest BCUT2D eigenvalue weighted by atomic mass is 10.0. The molecule has 1 unspecified atom stereocenters. The first kappa shape index (κ1) is 11.5. The lowest BCUT2D eigenvalue weighted by molar-refractivity contribution is 0.112. The van der Waals surface area contributed by atoms with Crippen molar-refractivity contribution in [2.24, 2.45) is 0 Å². The molecule has 2 nitrogen and oxygen atoms in total. The molecule has 86 valence electrons. The van der Waals surface area contributed by atoms with Crippen LogP contribution in [0.5, 0.6) is 0 Å². The summed E-state index contributed by atoms with van der Waals surface area (Å²) in [6.07, 6.45) is 4.56. The topological polar surface area (TPSA) is 20.3 Å². The van der Waals surface area contributed by atoms with Crippen LogP contribution >= 0.6 is 11.6 Å². The smallest absolute Gasteiger partial charge is 0.152 e. The van der Waals surface area contributed by atoms with Crippen LogP contribution in [0, 0.1) is 0 Å². The van der Waals surface area contributed by atoms with Crippen LogP contribution in [0.2, 0.25) is 5.02 Å². The number of piperidine rings is 1. The minimum atomic E-state index is 0.492. The number of anilines is 1. The highest BCUT2D eigenvalue weighted by Crippen LogP contribution is 2.29. The molecule has 1 aromatic carbocycles. The zero-order valence-electron chi connectivity index (χ0n) is 9.45. The molecule has 0 aliphatic carbocycles. The Kier molecular flexibility index (Phi) is 3.49. The van der Waals surface area contributed by atoms with E-state index in [0.29, 0.717) is 11.1 Å². The summed E-state index contributed by atoms with van der Waals surface area (Å²) in [7, 11) is 0. The van der Waals surface area contributed by atoms with E-state index in [1.807, 2.05) is 6.07 Å². The third kappa shape index (κ3) is 2.22. The molecule has 1 aromatic rings. The molecule has 1 aliphatic rings. The molecule has 0 spiro atoms. The highest BCUT2D eigenvalue weighted by atomic mass is 35.5.